The molecular formula is C19H21NO7S. The number of ether oxygens (including phenoxy) is 1. The number of esters is 1. The third kappa shape index (κ3) is 3.27. The van der Waals surface area contributed by atoms with Crippen molar-refractivity contribution in [1.29, 1.82) is 0 Å². The standard InChI is InChI=1S/C17H15NO7S.C2H6/c1-17(2,16(21)24-3)26(22,23)25-18-14(19)11-8-4-6-10-7-5-9-12(13(10)11)15(18)20;1-2/h4-9H,1-3H3;1-2H3. The molecule has 0 bridgehead atoms. The Balaban J connectivity index is 0.00000136. The fraction of sp³-hybridized carbons (Fsp3) is 0.316. The molecule has 3 rings (SSSR count). The highest BCUT2D eigenvalue weighted by Crippen LogP contribution is 2.32. The van der Waals surface area contributed by atoms with Gasteiger partial charge in [-0.3, -0.25) is 14.4 Å². The second kappa shape index (κ2) is 7.69. The lowest BCUT2D eigenvalue weighted by Crippen LogP contribution is -2.49. The number of imide groups is 1. The highest BCUT2D eigenvalue weighted by molar-refractivity contribution is 7.88. The van der Waals surface area contributed by atoms with Crippen molar-refractivity contribution in [1.82, 2.24) is 5.06 Å². The minimum absolute atomic E-state index is 0.128. The summed E-state index contributed by atoms with van der Waals surface area (Å²) in [6.07, 6.45) is 0. The summed E-state index contributed by atoms with van der Waals surface area (Å²) in [6, 6.07) is 9.62. The molecule has 28 heavy (non-hydrogen) atoms. The van der Waals surface area contributed by atoms with Crippen molar-refractivity contribution in [3.63, 3.8) is 0 Å². The van der Waals surface area contributed by atoms with Crippen molar-refractivity contribution in [3.05, 3.63) is 47.5 Å². The summed E-state index contributed by atoms with van der Waals surface area (Å²) < 4.78 is 32.1. The van der Waals surface area contributed by atoms with E-state index in [-0.39, 0.29) is 16.2 Å². The Hall–Kier alpha value is -2.78. The first-order valence-corrected chi connectivity index (χ1v) is 9.95. The van der Waals surface area contributed by atoms with Gasteiger partial charge in [0.05, 0.1) is 18.2 Å². The van der Waals surface area contributed by atoms with Gasteiger partial charge in [0, 0.05) is 5.39 Å². The van der Waals surface area contributed by atoms with Crippen molar-refractivity contribution >= 4 is 38.7 Å². The summed E-state index contributed by atoms with van der Waals surface area (Å²) in [6.45, 7) is 6.11. The fourth-order valence-corrected chi connectivity index (χ4v) is 3.42. The molecule has 2 aromatic rings. The predicted molar refractivity (Wildman–Crippen MR) is 102 cm³/mol. The number of benzene rings is 2. The van der Waals surface area contributed by atoms with Gasteiger partial charge >= 0.3 is 16.1 Å². The maximum absolute atomic E-state index is 12.7. The van der Waals surface area contributed by atoms with Crippen molar-refractivity contribution in [2.45, 2.75) is 32.4 Å². The van der Waals surface area contributed by atoms with Crippen molar-refractivity contribution in [3.8, 4) is 0 Å². The van der Waals surface area contributed by atoms with Crippen LogP contribution < -0.4 is 0 Å². The maximum atomic E-state index is 12.7. The Bertz CT molecular complexity index is 1010. The van der Waals surface area contributed by atoms with E-state index in [9.17, 15) is 22.8 Å². The monoisotopic (exact) mass is 407 g/mol. The Morgan fingerprint density at radius 2 is 1.43 bits per heavy atom. The first-order chi connectivity index (χ1) is 13.1. The molecule has 0 unspecified atom stereocenters. The Morgan fingerprint density at radius 1 is 0.964 bits per heavy atom. The summed E-state index contributed by atoms with van der Waals surface area (Å²) in [4.78, 5) is 37.1. The van der Waals surface area contributed by atoms with Gasteiger partial charge in [-0.25, -0.2) is 0 Å². The molecule has 0 spiro atoms. The second-order valence-electron chi connectivity index (χ2n) is 6.14. The highest BCUT2D eigenvalue weighted by atomic mass is 32.2. The van der Waals surface area contributed by atoms with Crippen LogP contribution in [0.25, 0.3) is 10.8 Å². The summed E-state index contributed by atoms with van der Waals surface area (Å²) in [5.74, 6) is -2.94. The quantitative estimate of drug-likeness (QED) is 0.566. The molecule has 9 heteroatoms. The minimum Gasteiger partial charge on any atom is -0.468 e. The number of nitrogens with zero attached hydrogens (tertiary/aromatic N) is 1. The zero-order chi connectivity index (χ0) is 21.3. The van der Waals surface area contributed by atoms with Crippen LogP contribution in [0.2, 0.25) is 0 Å². The molecule has 0 radical (unpaired) electrons. The van der Waals surface area contributed by atoms with Crippen LogP contribution in [-0.2, 0) is 23.9 Å². The molecule has 0 aromatic heterocycles. The summed E-state index contributed by atoms with van der Waals surface area (Å²) in [5, 5.41) is 1.26. The molecule has 0 saturated carbocycles. The minimum atomic E-state index is -4.70. The molecule has 150 valence electrons. The van der Waals surface area contributed by atoms with Gasteiger partial charge in [0.25, 0.3) is 11.8 Å². The fourth-order valence-electron chi connectivity index (χ4n) is 2.62. The maximum Gasteiger partial charge on any atom is 0.329 e. The van der Waals surface area contributed by atoms with Crippen LogP contribution in [0, 0.1) is 0 Å². The number of amides is 2. The lowest BCUT2D eigenvalue weighted by Gasteiger charge is -2.28. The normalized spacial score (nSPS) is 13.8. The zero-order valence-electron chi connectivity index (χ0n) is 16.2. The predicted octanol–water partition coefficient (Wildman–Crippen LogP) is 2.68. The second-order valence-corrected chi connectivity index (χ2v) is 8.22. The van der Waals surface area contributed by atoms with Gasteiger partial charge in [-0.1, -0.05) is 38.1 Å². The Labute approximate surface area is 163 Å². The molecular weight excluding hydrogens is 386 g/mol. The van der Waals surface area contributed by atoms with Gasteiger partial charge in [-0.05, 0) is 31.4 Å². The molecule has 0 saturated heterocycles. The Kier molecular flexibility index (Phi) is 5.91. The number of hydroxylamine groups is 2. The van der Waals surface area contributed by atoms with E-state index in [4.69, 9.17) is 4.28 Å². The van der Waals surface area contributed by atoms with Crippen LogP contribution in [0.4, 0.5) is 0 Å². The zero-order valence-corrected chi connectivity index (χ0v) is 17.0. The largest absolute Gasteiger partial charge is 0.468 e. The van der Waals surface area contributed by atoms with E-state index < -0.39 is 32.6 Å². The van der Waals surface area contributed by atoms with E-state index >= 15 is 0 Å². The summed E-state index contributed by atoms with van der Waals surface area (Å²) >= 11 is 0. The van der Waals surface area contributed by atoms with Crippen LogP contribution in [0.5, 0.6) is 0 Å². The average Bonchev–Trinajstić information content (AvgIpc) is 2.69. The van der Waals surface area contributed by atoms with Gasteiger partial charge in [0.1, 0.15) is 0 Å². The Morgan fingerprint density at radius 3 is 1.86 bits per heavy atom. The number of hydrogen-bond acceptors (Lipinski definition) is 7. The topological polar surface area (TPSA) is 107 Å². The van der Waals surface area contributed by atoms with Crippen LogP contribution in [0.3, 0.4) is 0 Å². The van der Waals surface area contributed by atoms with Gasteiger partial charge in [0.2, 0.25) is 0 Å². The smallest absolute Gasteiger partial charge is 0.329 e. The highest BCUT2D eigenvalue weighted by Gasteiger charge is 2.48. The average molecular weight is 407 g/mol. The molecule has 1 heterocycles. The van der Waals surface area contributed by atoms with E-state index in [0.29, 0.717) is 10.8 Å². The third-order valence-corrected chi connectivity index (χ3v) is 5.97. The van der Waals surface area contributed by atoms with Crippen LogP contribution >= 0.6 is 0 Å². The SMILES string of the molecule is CC.COC(=O)C(C)(C)S(=O)(=O)ON1C(=O)c2cccc3cccc(c23)C1=O. The molecule has 8 nitrogen and oxygen atoms in total. The van der Waals surface area contributed by atoms with E-state index in [1.165, 1.54) is 12.1 Å². The number of carbonyl (C=O) groups is 3. The first kappa shape index (κ1) is 21.5. The van der Waals surface area contributed by atoms with Crippen molar-refractivity contribution < 1.29 is 31.8 Å². The van der Waals surface area contributed by atoms with E-state index in [2.05, 4.69) is 4.74 Å². The molecule has 0 fully saturated rings. The first-order valence-electron chi connectivity index (χ1n) is 8.55. The number of rotatable bonds is 4. The molecule has 2 amide bonds. The number of hydrogen-bond donors (Lipinski definition) is 0. The van der Waals surface area contributed by atoms with Crippen LogP contribution in [0.15, 0.2) is 36.4 Å². The van der Waals surface area contributed by atoms with Crippen LogP contribution in [0.1, 0.15) is 48.4 Å². The van der Waals surface area contributed by atoms with Gasteiger partial charge < -0.3 is 4.74 Å². The van der Waals surface area contributed by atoms with Crippen molar-refractivity contribution in [2.24, 2.45) is 0 Å². The number of methoxy groups -OCH3 is 1. The molecule has 2 aromatic carbocycles. The number of carbonyl (C=O) groups excluding carboxylic acids is 3. The molecule has 0 aliphatic carbocycles. The lowest BCUT2D eigenvalue weighted by atomic mass is 9.95. The van der Waals surface area contributed by atoms with Gasteiger partial charge in [-0.2, -0.15) is 8.42 Å². The van der Waals surface area contributed by atoms with E-state index in [1.54, 1.807) is 24.3 Å². The van der Waals surface area contributed by atoms with Gasteiger partial charge in [-0.15, -0.1) is 9.35 Å². The molecule has 1 aliphatic heterocycles. The van der Waals surface area contributed by atoms with E-state index in [0.717, 1.165) is 21.0 Å². The summed E-state index contributed by atoms with van der Waals surface area (Å²) in [5.41, 5.74) is 0.257. The molecule has 0 N–H and O–H groups in total. The molecule has 1 aliphatic rings. The lowest BCUT2D eigenvalue weighted by molar-refractivity contribution is -0.143. The van der Waals surface area contributed by atoms with Crippen molar-refractivity contribution in [2.75, 3.05) is 7.11 Å². The summed E-state index contributed by atoms with van der Waals surface area (Å²) in [7, 11) is -3.68. The van der Waals surface area contributed by atoms with E-state index in [1.807, 2.05) is 13.8 Å². The van der Waals surface area contributed by atoms with Crippen LogP contribution in [-0.4, -0.2) is 43.1 Å². The van der Waals surface area contributed by atoms with Gasteiger partial charge in [0.15, 0.2) is 4.75 Å². The third-order valence-electron chi connectivity index (χ3n) is 4.21. The molecule has 0 atom stereocenters.